The molecule has 1 saturated heterocycles. The van der Waals surface area contributed by atoms with Crippen LogP contribution in [0.15, 0.2) is 53.4 Å². The lowest BCUT2D eigenvalue weighted by Crippen LogP contribution is -2.47. The first-order valence-corrected chi connectivity index (χ1v) is 17.7. The Kier molecular flexibility index (Phi) is 9.48. The molecule has 0 bridgehead atoms. The fourth-order valence-electron chi connectivity index (χ4n) is 7.94. The molecule has 4 unspecified atom stereocenters. The number of benzene rings is 3. The SMILES string of the molecule is CCC1CN2CCc3cc(CO)c(CO)cc3C2CC1CC1c2cc(OC)c(OC)cc2CCN1S(=O)(=O)c1ccc(Cl)cc1. The van der Waals surface area contributed by atoms with E-state index in [1.54, 1.807) is 42.8 Å². The van der Waals surface area contributed by atoms with Crippen LogP contribution in [-0.4, -0.2) is 61.7 Å². The van der Waals surface area contributed by atoms with Gasteiger partial charge in [-0.3, -0.25) is 4.90 Å². The Labute approximate surface area is 271 Å². The van der Waals surface area contributed by atoms with Crippen LogP contribution >= 0.6 is 11.6 Å². The van der Waals surface area contributed by atoms with Crippen LogP contribution in [-0.2, 0) is 36.1 Å². The van der Waals surface area contributed by atoms with Crippen molar-refractivity contribution < 1.29 is 28.1 Å². The molecule has 2 N–H and O–H groups in total. The Hall–Kier alpha value is -2.66. The molecule has 6 rings (SSSR count). The largest absolute Gasteiger partial charge is 0.493 e. The maximum atomic E-state index is 14.3. The zero-order valence-corrected chi connectivity index (χ0v) is 27.8. The van der Waals surface area contributed by atoms with Crippen LogP contribution in [0.5, 0.6) is 11.5 Å². The van der Waals surface area contributed by atoms with Crippen LogP contribution in [0.4, 0.5) is 0 Å². The van der Waals surface area contributed by atoms with Crippen LogP contribution in [0.2, 0.25) is 5.02 Å². The highest BCUT2D eigenvalue weighted by Gasteiger charge is 2.43. The van der Waals surface area contributed by atoms with Crippen molar-refractivity contribution in [1.82, 2.24) is 9.21 Å². The van der Waals surface area contributed by atoms with Gasteiger partial charge in [0, 0.05) is 30.7 Å². The normalized spacial score (nSPS) is 23.6. The van der Waals surface area contributed by atoms with Gasteiger partial charge in [0.25, 0.3) is 0 Å². The molecule has 0 spiro atoms. The highest BCUT2D eigenvalue weighted by molar-refractivity contribution is 7.89. The summed E-state index contributed by atoms with van der Waals surface area (Å²) < 4.78 is 41.6. The second-order valence-corrected chi connectivity index (χ2v) is 14.9. The Morgan fingerprint density at radius 3 is 2.18 bits per heavy atom. The van der Waals surface area contributed by atoms with E-state index >= 15 is 0 Å². The predicted molar refractivity (Wildman–Crippen MR) is 174 cm³/mol. The third-order valence-corrected chi connectivity index (χ3v) is 12.5. The number of aliphatic hydroxyl groups excluding tert-OH is 2. The maximum absolute atomic E-state index is 14.3. The Balaban J connectivity index is 1.41. The van der Waals surface area contributed by atoms with E-state index in [0.29, 0.717) is 41.8 Å². The van der Waals surface area contributed by atoms with E-state index < -0.39 is 10.0 Å². The minimum absolute atomic E-state index is 0.0919. The molecule has 8 nitrogen and oxygen atoms in total. The zero-order valence-electron chi connectivity index (χ0n) is 26.2. The molecule has 0 saturated carbocycles. The molecule has 0 aliphatic carbocycles. The molecule has 0 aromatic heterocycles. The van der Waals surface area contributed by atoms with Crippen LogP contribution in [0, 0.1) is 11.8 Å². The fourth-order valence-corrected chi connectivity index (χ4v) is 9.68. The summed E-state index contributed by atoms with van der Waals surface area (Å²) in [5.74, 6) is 1.89. The number of piperidine rings is 1. The van der Waals surface area contributed by atoms with Crippen molar-refractivity contribution in [3.63, 3.8) is 0 Å². The summed E-state index contributed by atoms with van der Waals surface area (Å²) >= 11 is 6.13. The number of halogens is 1. The quantitative estimate of drug-likeness (QED) is 0.307. The van der Waals surface area contributed by atoms with Crippen LogP contribution in [0.1, 0.15) is 71.7 Å². The highest BCUT2D eigenvalue weighted by atomic mass is 35.5. The summed E-state index contributed by atoms with van der Waals surface area (Å²) in [5, 5.41) is 20.5. The number of rotatable bonds is 9. The topological polar surface area (TPSA) is 99.5 Å². The van der Waals surface area contributed by atoms with Crippen molar-refractivity contribution in [3.05, 3.63) is 86.9 Å². The second-order valence-electron chi connectivity index (χ2n) is 12.5. The average Bonchev–Trinajstić information content (AvgIpc) is 3.06. The number of fused-ring (bicyclic) bond motifs is 4. The predicted octanol–water partition coefficient (Wildman–Crippen LogP) is 5.67. The van der Waals surface area contributed by atoms with E-state index in [1.807, 2.05) is 12.1 Å². The molecular weight excluding hydrogens is 612 g/mol. The molecule has 10 heteroatoms. The van der Waals surface area contributed by atoms with Gasteiger partial charge in [0.05, 0.1) is 38.4 Å². The van der Waals surface area contributed by atoms with Gasteiger partial charge in [-0.05, 0) is 107 Å². The first kappa shape index (κ1) is 32.3. The highest BCUT2D eigenvalue weighted by Crippen LogP contribution is 2.49. The van der Waals surface area contributed by atoms with Gasteiger partial charge in [0.1, 0.15) is 0 Å². The summed E-state index contributed by atoms with van der Waals surface area (Å²) in [5.41, 5.74) is 6.07. The van der Waals surface area contributed by atoms with Gasteiger partial charge in [-0.25, -0.2) is 8.42 Å². The van der Waals surface area contributed by atoms with Gasteiger partial charge in [0.2, 0.25) is 10.0 Å². The van der Waals surface area contributed by atoms with Gasteiger partial charge in [-0.15, -0.1) is 0 Å². The van der Waals surface area contributed by atoms with E-state index in [9.17, 15) is 18.6 Å². The molecule has 242 valence electrons. The first-order chi connectivity index (χ1) is 21.7. The number of methoxy groups -OCH3 is 2. The van der Waals surface area contributed by atoms with E-state index in [1.165, 1.54) is 11.1 Å². The maximum Gasteiger partial charge on any atom is 0.243 e. The van der Waals surface area contributed by atoms with Crippen molar-refractivity contribution in [1.29, 1.82) is 0 Å². The third-order valence-electron chi connectivity index (χ3n) is 10.4. The van der Waals surface area contributed by atoms with Gasteiger partial charge in [-0.1, -0.05) is 37.1 Å². The van der Waals surface area contributed by atoms with Crippen molar-refractivity contribution in [2.24, 2.45) is 11.8 Å². The monoisotopic (exact) mass is 654 g/mol. The van der Waals surface area contributed by atoms with E-state index in [2.05, 4.69) is 24.0 Å². The number of aliphatic hydroxyl groups is 2. The number of hydrogen-bond donors (Lipinski definition) is 2. The number of ether oxygens (including phenoxy) is 2. The van der Waals surface area contributed by atoms with Crippen LogP contribution < -0.4 is 9.47 Å². The van der Waals surface area contributed by atoms with E-state index in [4.69, 9.17) is 21.1 Å². The van der Waals surface area contributed by atoms with E-state index in [0.717, 1.165) is 54.6 Å². The molecular formula is C35H43ClN2O6S. The van der Waals surface area contributed by atoms with Crippen LogP contribution in [0.3, 0.4) is 0 Å². The Morgan fingerprint density at radius 1 is 0.867 bits per heavy atom. The molecule has 0 amide bonds. The fraction of sp³-hybridized carbons (Fsp3) is 0.486. The molecule has 1 fully saturated rings. The lowest BCUT2D eigenvalue weighted by molar-refractivity contribution is 0.0387. The minimum Gasteiger partial charge on any atom is -0.493 e. The number of nitrogens with zero attached hydrogens (tertiary/aromatic N) is 2. The lowest BCUT2D eigenvalue weighted by atomic mass is 9.72. The second kappa shape index (κ2) is 13.2. The summed E-state index contributed by atoms with van der Waals surface area (Å²) in [6.45, 7) is 4.29. The van der Waals surface area contributed by atoms with Gasteiger partial charge >= 0.3 is 0 Å². The molecule has 0 radical (unpaired) electrons. The van der Waals surface area contributed by atoms with Gasteiger partial charge in [-0.2, -0.15) is 4.31 Å². The summed E-state index contributed by atoms with van der Waals surface area (Å²) in [6.07, 6.45) is 4.05. The molecule has 3 aliphatic rings. The molecule has 3 aliphatic heterocycles. The Morgan fingerprint density at radius 2 is 1.51 bits per heavy atom. The molecule has 4 atom stereocenters. The molecule has 3 aromatic carbocycles. The van der Waals surface area contributed by atoms with E-state index in [-0.39, 0.29) is 36.1 Å². The number of hydrogen-bond acceptors (Lipinski definition) is 7. The van der Waals surface area contributed by atoms with Gasteiger partial charge in [0.15, 0.2) is 11.5 Å². The number of sulfonamides is 1. The molecule has 3 heterocycles. The van der Waals surface area contributed by atoms with Crippen molar-refractivity contribution in [2.75, 3.05) is 33.9 Å². The smallest absolute Gasteiger partial charge is 0.243 e. The van der Waals surface area contributed by atoms with Gasteiger partial charge < -0.3 is 19.7 Å². The van der Waals surface area contributed by atoms with Crippen molar-refractivity contribution in [3.8, 4) is 11.5 Å². The first-order valence-electron chi connectivity index (χ1n) is 15.8. The van der Waals surface area contributed by atoms with Crippen molar-refractivity contribution >= 4 is 21.6 Å². The minimum atomic E-state index is -3.83. The molecule has 45 heavy (non-hydrogen) atoms. The third kappa shape index (κ3) is 5.99. The Bertz CT molecular complexity index is 1650. The lowest BCUT2D eigenvalue weighted by Gasteiger charge is -2.49. The summed E-state index contributed by atoms with van der Waals surface area (Å²) in [4.78, 5) is 2.80. The van der Waals surface area contributed by atoms with Crippen molar-refractivity contribution in [2.45, 2.75) is 69.2 Å². The zero-order chi connectivity index (χ0) is 31.9. The summed E-state index contributed by atoms with van der Waals surface area (Å²) in [7, 11) is -0.601. The average molecular weight is 655 g/mol. The standard InChI is InChI=1S/C35H43ClN2O6S/c1-4-22-19-37-11-9-23-13-26(20-39)27(21-40)14-30(23)32(37)15-25(22)16-33-31-18-35(44-3)34(43-2)17-24(31)10-12-38(33)45(41,42)29-7-5-28(36)6-8-29/h5-8,13-14,17-18,22,25,32-33,39-40H,4,9-12,15-16,19-21H2,1-3H3. The molecule has 3 aromatic rings. The van der Waals surface area contributed by atoms with Crippen LogP contribution in [0.25, 0.3) is 0 Å². The summed E-state index contributed by atoms with van der Waals surface area (Å²) in [6, 6.07) is 14.3.